The molecule has 0 aliphatic carbocycles. The minimum atomic E-state index is -4.01. The molecule has 1 heterocycles. The smallest absolute Gasteiger partial charge is 0.408 e. The van der Waals surface area contributed by atoms with Crippen LogP contribution in [0.1, 0.15) is 5.56 Å². The normalized spacial score (nSPS) is 11.5. The lowest BCUT2D eigenvalue weighted by molar-refractivity contribution is -0.385. The highest BCUT2D eigenvalue weighted by Gasteiger charge is 2.20. The van der Waals surface area contributed by atoms with Gasteiger partial charge in [0.15, 0.2) is 5.58 Å². The van der Waals surface area contributed by atoms with Crippen molar-refractivity contribution >= 4 is 32.5 Å². The van der Waals surface area contributed by atoms with E-state index in [0.717, 1.165) is 0 Å². The molecule has 0 radical (unpaired) electrons. The molecule has 0 fully saturated rings. The molecule has 124 valence electrons. The number of nitro benzene ring substituents is 1. The highest BCUT2D eigenvalue weighted by molar-refractivity contribution is 7.92. The second kappa shape index (κ2) is 5.49. The molecule has 0 saturated heterocycles. The molecule has 3 aromatic rings. The number of sulfonamides is 1. The van der Waals surface area contributed by atoms with E-state index in [2.05, 4.69) is 9.71 Å². The molecule has 24 heavy (non-hydrogen) atoms. The fourth-order valence-electron chi connectivity index (χ4n) is 2.23. The summed E-state index contributed by atoms with van der Waals surface area (Å²) < 4.78 is 32.1. The molecule has 1 aromatic heterocycles. The van der Waals surface area contributed by atoms with Gasteiger partial charge in [-0.15, -0.1) is 0 Å². The number of anilines is 1. The van der Waals surface area contributed by atoms with Crippen LogP contribution in [0.15, 0.2) is 50.5 Å². The quantitative estimate of drug-likeness (QED) is 0.547. The molecule has 0 unspecified atom stereocenters. The Morgan fingerprint density at radius 1 is 1.25 bits per heavy atom. The number of nitro groups is 1. The lowest BCUT2D eigenvalue weighted by Crippen LogP contribution is -2.14. The Morgan fingerprint density at radius 2 is 2.00 bits per heavy atom. The van der Waals surface area contributed by atoms with Gasteiger partial charge in [-0.3, -0.25) is 19.8 Å². The molecular formula is C14H11N3O6S. The Hall–Kier alpha value is -3.14. The fraction of sp³-hybridized carbons (Fsp3) is 0.0714. The zero-order valence-corrected chi connectivity index (χ0v) is 13.1. The summed E-state index contributed by atoms with van der Waals surface area (Å²) in [6.45, 7) is 1.45. The maximum absolute atomic E-state index is 12.5. The van der Waals surface area contributed by atoms with Crippen molar-refractivity contribution in [3.8, 4) is 0 Å². The van der Waals surface area contributed by atoms with Crippen LogP contribution in [0.5, 0.6) is 0 Å². The Kier molecular flexibility index (Phi) is 3.60. The van der Waals surface area contributed by atoms with E-state index >= 15 is 0 Å². The Bertz CT molecular complexity index is 1110. The van der Waals surface area contributed by atoms with E-state index in [0.29, 0.717) is 5.52 Å². The van der Waals surface area contributed by atoms with Gasteiger partial charge in [-0.2, -0.15) is 0 Å². The molecule has 0 atom stereocenters. The Balaban J connectivity index is 2.03. The van der Waals surface area contributed by atoms with Crippen molar-refractivity contribution in [2.45, 2.75) is 11.8 Å². The summed E-state index contributed by atoms with van der Waals surface area (Å²) in [5, 5.41) is 10.9. The first-order valence-corrected chi connectivity index (χ1v) is 8.16. The molecule has 10 heteroatoms. The van der Waals surface area contributed by atoms with Gasteiger partial charge in [0, 0.05) is 12.1 Å². The molecule has 9 nitrogen and oxygen atoms in total. The van der Waals surface area contributed by atoms with Gasteiger partial charge in [-0.05, 0) is 25.1 Å². The van der Waals surface area contributed by atoms with Gasteiger partial charge in [-0.1, -0.05) is 6.07 Å². The summed E-state index contributed by atoms with van der Waals surface area (Å²) in [4.78, 5) is 23.8. The Labute approximate surface area is 135 Å². The van der Waals surface area contributed by atoms with E-state index in [1.807, 2.05) is 0 Å². The predicted molar refractivity (Wildman–Crippen MR) is 85.5 cm³/mol. The second-order valence-electron chi connectivity index (χ2n) is 4.98. The summed E-state index contributed by atoms with van der Waals surface area (Å²) >= 11 is 0. The van der Waals surface area contributed by atoms with Crippen molar-refractivity contribution < 1.29 is 17.8 Å². The summed E-state index contributed by atoms with van der Waals surface area (Å²) in [6.07, 6.45) is 0. The van der Waals surface area contributed by atoms with Crippen LogP contribution in [0.3, 0.4) is 0 Å². The summed E-state index contributed by atoms with van der Waals surface area (Å²) in [7, 11) is -4.01. The third-order valence-electron chi connectivity index (χ3n) is 3.45. The molecule has 3 rings (SSSR count). The van der Waals surface area contributed by atoms with Crippen LogP contribution >= 0.6 is 0 Å². The van der Waals surface area contributed by atoms with E-state index in [-0.39, 0.29) is 27.4 Å². The van der Waals surface area contributed by atoms with Gasteiger partial charge in [0.2, 0.25) is 0 Å². The number of fused-ring (bicyclic) bond motifs is 1. The minimum absolute atomic E-state index is 0.0960. The van der Waals surface area contributed by atoms with Crippen LogP contribution in [0, 0.1) is 17.0 Å². The number of oxazole rings is 1. The molecule has 0 aliphatic rings. The van der Waals surface area contributed by atoms with Crippen molar-refractivity contribution in [1.82, 2.24) is 4.98 Å². The van der Waals surface area contributed by atoms with Crippen LogP contribution in [-0.2, 0) is 10.0 Å². The van der Waals surface area contributed by atoms with Gasteiger partial charge < -0.3 is 4.42 Å². The minimum Gasteiger partial charge on any atom is -0.408 e. The van der Waals surface area contributed by atoms with Gasteiger partial charge in [-0.25, -0.2) is 13.2 Å². The highest BCUT2D eigenvalue weighted by atomic mass is 32.2. The Morgan fingerprint density at radius 3 is 2.71 bits per heavy atom. The lowest BCUT2D eigenvalue weighted by Gasteiger charge is -2.10. The van der Waals surface area contributed by atoms with E-state index in [1.54, 1.807) is 0 Å². The van der Waals surface area contributed by atoms with Crippen molar-refractivity contribution in [2.75, 3.05) is 4.72 Å². The van der Waals surface area contributed by atoms with Crippen LogP contribution < -0.4 is 10.5 Å². The number of hydrogen-bond donors (Lipinski definition) is 2. The van der Waals surface area contributed by atoms with Crippen molar-refractivity contribution in [3.05, 3.63) is 62.6 Å². The number of rotatable bonds is 4. The number of H-pyrrole nitrogens is 1. The van der Waals surface area contributed by atoms with E-state index < -0.39 is 20.7 Å². The highest BCUT2D eigenvalue weighted by Crippen LogP contribution is 2.27. The summed E-state index contributed by atoms with van der Waals surface area (Å²) in [5.74, 6) is -0.693. The SMILES string of the molecule is Cc1c(NS(=O)(=O)c2ccc3[nH]c(=O)oc3c2)cccc1[N+](=O)[O-]. The largest absolute Gasteiger partial charge is 0.417 e. The van der Waals surface area contributed by atoms with E-state index in [1.165, 1.54) is 43.3 Å². The molecule has 2 aromatic carbocycles. The number of nitrogens with one attached hydrogen (secondary N) is 2. The zero-order chi connectivity index (χ0) is 17.5. The molecule has 2 N–H and O–H groups in total. The van der Waals surface area contributed by atoms with Crippen LogP contribution in [0.4, 0.5) is 11.4 Å². The van der Waals surface area contributed by atoms with Gasteiger partial charge in [0.1, 0.15) is 0 Å². The number of hydrogen-bond acceptors (Lipinski definition) is 6. The monoisotopic (exact) mass is 349 g/mol. The lowest BCUT2D eigenvalue weighted by atomic mass is 10.2. The molecule has 0 aliphatic heterocycles. The van der Waals surface area contributed by atoms with Crippen LogP contribution in [-0.4, -0.2) is 18.3 Å². The van der Waals surface area contributed by atoms with Crippen molar-refractivity contribution in [2.24, 2.45) is 0 Å². The first-order chi connectivity index (χ1) is 11.3. The molecule has 0 spiro atoms. The van der Waals surface area contributed by atoms with Gasteiger partial charge in [0.05, 0.1) is 26.6 Å². The first kappa shape index (κ1) is 15.7. The average Bonchev–Trinajstić information content (AvgIpc) is 2.88. The number of aromatic amines is 1. The fourth-order valence-corrected chi connectivity index (χ4v) is 3.37. The van der Waals surface area contributed by atoms with Gasteiger partial charge in [0.25, 0.3) is 15.7 Å². The van der Waals surface area contributed by atoms with Crippen LogP contribution in [0.2, 0.25) is 0 Å². The standard InChI is InChI=1S/C14H11N3O6S/c1-8-10(3-2-4-12(8)17(19)20)16-24(21,22)9-5-6-11-13(7-9)23-14(18)15-11/h2-7,16H,1H3,(H,15,18). The second-order valence-corrected chi connectivity index (χ2v) is 6.67. The van der Waals surface area contributed by atoms with Crippen molar-refractivity contribution in [3.63, 3.8) is 0 Å². The third-order valence-corrected chi connectivity index (χ3v) is 4.81. The van der Waals surface area contributed by atoms with Crippen LogP contribution in [0.25, 0.3) is 11.1 Å². The predicted octanol–water partition coefficient (Wildman–Crippen LogP) is 2.14. The average molecular weight is 349 g/mol. The molecule has 0 amide bonds. The van der Waals surface area contributed by atoms with E-state index in [4.69, 9.17) is 4.42 Å². The molecular weight excluding hydrogens is 338 g/mol. The van der Waals surface area contributed by atoms with E-state index in [9.17, 15) is 23.3 Å². The number of aromatic nitrogens is 1. The maximum atomic E-state index is 12.5. The summed E-state index contributed by atoms with van der Waals surface area (Å²) in [5.41, 5.74) is 0.562. The molecule has 0 saturated carbocycles. The third kappa shape index (κ3) is 2.74. The summed E-state index contributed by atoms with van der Waals surface area (Å²) in [6, 6.07) is 7.99. The number of benzene rings is 2. The number of nitrogens with zero attached hydrogens (tertiary/aromatic N) is 1. The van der Waals surface area contributed by atoms with Crippen molar-refractivity contribution in [1.29, 1.82) is 0 Å². The first-order valence-electron chi connectivity index (χ1n) is 6.67. The maximum Gasteiger partial charge on any atom is 0.417 e. The van der Waals surface area contributed by atoms with Gasteiger partial charge >= 0.3 is 5.76 Å². The topological polar surface area (TPSA) is 135 Å². The zero-order valence-electron chi connectivity index (χ0n) is 12.3. The molecule has 0 bridgehead atoms.